The summed E-state index contributed by atoms with van der Waals surface area (Å²) in [7, 11) is 0. The molecule has 0 radical (unpaired) electrons. The molecule has 0 amide bonds. The summed E-state index contributed by atoms with van der Waals surface area (Å²) in [6.45, 7) is 10.7. The Kier molecular flexibility index (Phi) is 4.82. The first-order valence-electron chi connectivity index (χ1n) is 3.29. The second kappa shape index (κ2) is 4.81. The van der Waals surface area contributed by atoms with E-state index < -0.39 is 0 Å². The molecule has 0 saturated carbocycles. The summed E-state index contributed by atoms with van der Waals surface area (Å²) < 4.78 is 5.31. The molecule has 2 unspecified atom stereocenters. The lowest BCUT2D eigenvalue weighted by Crippen LogP contribution is -2.16. The van der Waals surface area contributed by atoms with E-state index in [4.69, 9.17) is 27.9 Å². The van der Waals surface area contributed by atoms with E-state index in [1.54, 1.807) is 0 Å². The lowest BCUT2D eigenvalue weighted by molar-refractivity contribution is 0.0583. The molecule has 0 aliphatic rings. The van der Waals surface area contributed by atoms with Crippen LogP contribution < -0.4 is 0 Å². The smallest absolute Gasteiger partial charge is 0.0905 e. The molecule has 64 valence electrons. The number of hydrogen-bond donors (Lipinski definition) is 0. The highest BCUT2D eigenvalue weighted by Crippen LogP contribution is 2.15. The molecule has 0 N–H and O–H groups in total. The van der Waals surface area contributed by atoms with Crippen molar-refractivity contribution in [3.8, 4) is 0 Å². The fourth-order valence-corrected chi connectivity index (χ4v) is 0.557. The van der Waals surface area contributed by atoms with Gasteiger partial charge in [-0.25, -0.2) is 0 Å². The summed E-state index contributed by atoms with van der Waals surface area (Å²) in [6.07, 6.45) is -0.385. The minimum absolute atomic E-state index is 0.192. The Morgan fingerprint density at radius 1 is 1.09 bits per heavy atom. The molecule has 0 rings (SSSR count). The second-order valence-corrected chi connectivity index (χ2v) is 3.29. The zero-order valence-electron chi connectivity index (χ0n) is 6.73. The van der Waals surface area contributed by atoms with Gasteiger partial charge >= 0.3 is 0 Å². The van der Waals surface area contributed by atoms with Crippen LogP contribution in [0.1, 0.15) is 13.8 Å². The maximum absolute atomic E-state index is 5.58. The van der Waals surface area contributed by atoms with E-state index in [2.05, 4.69) is 13.2 Å². The van der Waals surface area contributed by atoms with E-state index in [0.29, 0.717) is 10.1 Å². The number of rotatable bonds is 4. The third kappa shape index (κ3) is 4.46. The third-order valence-corrected chi connectivity index (χ3v) is 1.91. The Labute approximate surface area is 77.6 Å². The van der Waals surface area contributed by atoms with Crippen LogP contribution in [0.25, 0.3) is 0 Å². The first kappa shape index (κ1) is 11.0. The van der Waals surface area contributed by atoms with Gasteiger partial charge in [-0.1, -0.05) is 36.4 Å². The van der Waals surface area contributed by atoms with Crippen molar-refractivity contribution in [1.29, 1.82) is 0 Å². The number of halogens is 2. The van der Waals surface area contributed by atoms with Gasteiger partial charge in [0, 0.05) is 10.1 Å². The van der Waals surface area contributed by atoms with Gasteiger partial charge < -0.3 is 4.74 Å². The molecule has 3 heteroatoms. The van der Waals surface area contributed by atoms with Crippen molar-refractivity contribution in [3.05, 3.63) is 23.2 Å². The lowest BCUT2D eigenvalue weighted by atomic mass is 10.3. The maximum Gasteiger partial charge on any atom is 0.0905 e. The summed E-state index contributed by atoms with van der Waals surface area (Å²) in [5.41, 5.74) is 0. The molecule has 0 aromatic rings. The molecule has 0 bridgehead atoms. The highest BCUT2D eigenvalue weighted by molar-refractivity contribution is 6.30. The summed E-state index contributed by atoms with van der Waals surface area (Å²) in [5, 5.41) is 0.935. The molecule has 0 spiro atoms. The lowest BCUT2D eigenvalue weighted by Gasteiger charge is -2.16. The van der Waals surface area contributed by atoms with Crippen molar-refractivity contribution < 1.29 is 4.74 Å². The quantitative estimate of drug-likeness (QED) is 0.668. The molecular formula is C8H12Cl2O. The van der Waals surface area contributed by atoms with Gasteiger partial charge in [-0.15, -0.1) is 0 Å². The summed E-state index contributed by atoms with van der Waals surface area (Å²) >= 11 is 11.2. The number of hydrogen-bond acceptors (Lipinski definition) is 1. The van der Waals surface area contributed by atoms with E-state index in [1.165, 1.54) is 0 Å². The van der Waals surface area contributed by atoms with Crippen LogP contribution in [0.3, 0.4) is 0 Å². The van der Waals surface area contributed by atoms with Crippen molar-refractivity contribution in [2.75, 3.05) is 0 Å². The van der Waals surface area contributed by atoms with E-state index in [-0.39, 0.29) is 12.2 Å². The standard InChI is InChI=1S/C8H12Cl2O/c1-5(9)7(3)11-8(4)6(2)10/h7-8H,1-2H2,3-4H3. The van der Waals surface area contributed by atoms with Crippen LogP contribution in [0.15, 0.2) is 23.2 Å². The molecule has 2 atom stereocenters. The molecule has 0 aliphatic carbocycles. The molecule has 0 aliphatic heterocycles. The minimum atomic E-state index is -0.192. The van der Waals surface area contributed by atoms with Crippen molar-refractivity contribution in [1.82, 2.24) is 0 Å². The summed E-state index contributed by atoms with van der Waals surface area (Å²) in [5.74, 6) is 0. The van der Waals surface area contributed by atoms with Crippen LogP contribution in [0.5, 0.6) is 0 Å². The van der Waals surface area contributed by atoms with E-state index in [9.17, 15) is 0 Å². The molecule has 0 aromatic carbocycles. The van der Waals surface area contributed by atoms with E-state index >= 15 is 0 Å². The summed E-state index contributed by atoms with van der Waals surface area (Å²) in [4.78, 5) is 0. The fourth-order valence-electron chi connectivity index (χ4n) is 0.454. The van der Waals surface area contributed by atoms with Crippen molar-refractivity contribution in [2.45, 2.75) is 26.1 Å². The Morgan fingerprint density at radius 2 is 1.36 bits per heavy atom. The highest BCUT2D eigenvalue weighted by atomic mass is 35.5. The van der Waals surface area contributed by atoms with Gasteiger partial charge in [0.25, 0.3) is 0 Å². The average molecular weight is 195 g/mol. The van der Waals surface area contributed by atoms with Gasteiger partial charge in [-0.05, 0) is 13.8 Å². The Balaban J connectivity index is 3.84. The third-order valence-electron chi connectivity index (χ3n) is 1.29. The monoisotopic (exact) mass is 194 g/mol. The first-order valence-corrected chi connectivity index (χ1v) is 4.04. The van der Waals surface area contributed by atoms with E-state index in [1.807, 2.05) is 13.8 Å². The predicted octanol–water partition coefficient (Wildman–Crippen LogP) is 3.29. The van der Waals surface area contributed by atoms with Crippen LogP contribution >= 0.6 is 23.2 Å². The van der Waals surface area contributed by atoms with Crippen LogP contribution in [0.2, 0.25) is 0 Å². The molecule has 0 aromatic heterocycles. The van der Waals surface area contributed by atoms with Crippen molar-refractivity contribution in [3.63, 3.8) is 0 Å². The first-order chi connectivity index (χ1) is 4.95. The van der Waals surface area contributed by atoms with Gasteiger partial charge in [0.2, 0.25) is 0 Å². The van der Waals surface area contributed by atoms with Gasteiger partial charge in [0.1, 0.15) is 0 Å². The van der Waals surface area contributed by atoms with E-state index in [0.717, 1.165) is 0 Å². The Bertz CT molecular complexity index is 147. The Hall–Kier alpha value is 0.0200. The van der Waals surface area contributed by atoms with Crippen molar-refractivity contribution in [2.24, 2.45) is 0 Å². The molecule has 0 heterocycles. The zero-order chi connectivity index (χ0) is 9.02. The van der Waals surface area contributed by atoms with Crippen LogP contribution in [-0.2, 0) is 4.74 Å². The summed E-state index contributed by atoms with van der Waals surface area (Å²) in [6, 6.07) is 0. The minimum Gasteiger partial charge on any atom is -0.364 e. The van der Waals surface area contributed by atoms with Crippen LogP contribution in [-0.4, -0.2) is 12.2 Å². The SMILES string of the molecule is C=C(Cl)C(C)OC(C)C(=C)Cl. The van der Waals surface area contributed by atoms with Crippen LogP contribution in [0.4, 0.5) is 0 Å². The fraction of sp³-hybridized carbons (Fsp3) is 0.500. The van der Waals surface area contributed by atoms with Gasteiger partial charge in [0.15, 0.2) is 0 Å². The molecule has 1 nitrogen and oxygen atoms in total. The van der Waals surface area contributed by atoms with Gasteiger partial charge in [0.05, 0.1) is 12.2 Å². The Morgan fingerprint density at radius 3 is 1.55 bits per heavy atom. The van der Waals surface area contributed by atoms with Gasteiger partial charge in [-0.3, -0.25) is 0 Å². The largest absolute Gasteiger partial charge is 0.364 e. The maximum atomic E-state index is 5.58. The van der Waals surface area contributed by atoms with Crippen molar-refractivity contribution >= 4 is 23.2 Å². The molecule has 0 fully saturated rings. The molecule has 0 saturated heterocycles. The topological polar surface area (TPSA) is 9.23 Å². The average Bonchev–Trinajstić information content (AvgIpc) is 1.87. The predicted molar refractivity (Wildman–Crippen MR) is 50.0 cm³/mol. The van der Waals surface area contributed by atoms with Gasteiger partial charge in [-0.2, -0.15) is 0 Å². The number of ether oxygens (including phenoxy) is 1. The second-order valence-electron chi connectivity index (χ2n) is 2.31. The zero-order valence-corrected chi connectivity index (χ0v) is 8.24. The highest BCUT2D eigenvalue weighted by Gasteiger charge is 2.11. The normalized spacial score (nSPS) is 15.6. The molecular weight excluding hydrogens is 183 g/mol. The molecule has 11 heavy (non-hydrogen) atoms. The van der Waals surface area contributed by atoms with Crippen LogP contribution in [0, 0.1) is 0 Å².